The predicted molar refractivity (Wildman–Crippen MR) is 74.3 cm³/mol. The Hall–Kier alpha value is -2.10. The largest absolute Gasteiger partial charge is 0.439 e. The van der Waals surface area contributed by atoms with Crippen LogP contribution in [0.5, 0.6) is 11.6 Å². The van der Waals surface area contributed by atoms with Gasteiger partial charge in [0.15, 0.2) is 0 Å². The Kier molecular flexibility index (Phi) is 3.07. The number of ether oxygens (including phenoxy) is 1. The van der Waals surface area contributed by atoms with Crippen LogP contribution in [-0.2, 0) is 12.8 Å². The second-order valence-electron chi connectivity index (χ2n) is 4.96. The van der Waals surface area contributed by atoms with E-state index in [4.69, 9.17) is 10.5 Å². The molecule has 0 amide bonds. The molecular formula is C15H17N3O. The van der Waals surface area contributed by atoms with E-state index in [0.717, 1.165) is 17.7 Å². The van der Waals surface area contributed by atoms with E-state index in [1.807, 2.05) is 13.0 Å². The summed E-state index contributed by atoms with van der Waals surface area (Å²) >= 11 is 0. The number of fused-ring (bicyclic) bond motifs is 1. The molecule has 1 heterocycles. The van der Waals surface area contributed by atoms with Crippen molar-refractivity contribution in [3.05, 3.63) is 41.1 Å². The molecule has 0 aliphatic heterocycles. The monoisotopic (exact) mass is 255 g/mol. The van der Waals surface area contributed by atoms with Crippen LogP contribution in [0.15, 0.2) is 24.4 Å². The lowest BCUT2D eigenvalue weighted by atomic mass is 9.92. The maximum absolute atomic E-state index is 5.82. The number of aryl methyl sites for hydroxylation is 3. The lowest BCUT2D eigenvalue weighted by molar-refractivity contribution is 0.457. The summed E-state index contributed by atoms with van der Waals surface area (Å²) in [6, 6.07) is 6.28. The van der Waals surface area contributed by atoms with E-state index in [1.54, 1.807) is 6.20 Å². The van der Waals surface area contributed by atoms with E-state index in [9.17, 15) is 0 Å². The normalized spacial score (nSPS) is 13.9. The van der Waals surface area contributed by atoms with Crippen molar-refractivity contribution in [2.45, 2.75) is 32.6 Å². The van der Waals surface area contributed by atoms with Gasteiger partial charge in [-0.1, -0.05) is 6.07 Å². The first kappa shape index (κ1) is 12.0. The summed E-state index contributed by atoms with van der Waals surface area (Å²) < 4.78 is 5.82. The van der Waals surface area contributed by atoms with Crippen LogP contribution in [0.1, 0.15) is 29.5 Å². The van der Waals surface area contributed by atoms with Crippen molar-refractivity contribution in [2.75, 3.05) is 5.73 Å². The second kappa shape index (κ2) is 4.88. The van der Waals surface area contributed by atoms with Gasteiger partial charge in [0.25, 0.3) is 0 Å². The highest BCUT2D eigenvalue weighted by Gasteiger charge is 2.11. The molecule has 0 unspecified atom stereocenters. The van der Waals surface area contributed by atoms with Crippen LogP contribution in [0.4, 0.5) is 5.95 Å². The van der Waals surface area contributed by atoms with E-state index in [1.165, 1.54) is 30.4 Å². The molecule has 3 rings (SSSR count). The smallest absolute Gasteiger partial charge is 0.226 e. The van der Waals surface area contributed by atoms with E-state index in [2.05, 4.69) is 22.1 Å². The predicted octanol–water partition coefficient (Wildman–Crippen LogP) is 3.04. The molecule has 4 heteroatoms. The van der Waals surface area contributed by atoms with Crippen LogP contribution in [-0.4, -0.2) is 9.97 Å². The van der Waals surface area contributed by atoms with Gasteiger partial charge in [-0.3, -0.25) is 0 Å². The maximum atomic E-state index is 5.82. The molecule has 1 aromatic carbocycles. The lowest BCUT2D eigenvalue weighted by Gasteiger charge is -2.16. The fraction of sp³-hybridized carbons (Fsp3) is 0.333. The molecule has 1 aliphatic carbocycles. The Morgan fingerprint density at radius 1 is 1.16 bits per heavy atom. The van der Waals surface area contributed by atoms with Crippen molar-refractivity contribution in [1.82, 2.24) is 9.97 Å². The Morgan fingerprint density at radius 2 is 1.95 bits per heavy atom. The van der Waals surface area contributed by atoms with Crippen molar-refractivity contribution >= 4 is 5.95 Å². The van der Waals surface area contributed by atoms with E-state index < -0.39 is 0 Å². The molecule has 4 nitrogen and oxygen atoms in total. The summed E-state index contributed by atoms with van der Waals surface area (Å²) in [5.74, 6) is 1.59. The van der Waals surface area contributed by atoms with E-state index in [-0.39, 0.29) is 5.95 Å². The molecule has 0 radical (unpaired) electrons. The van der Waals surface area contributed by atoms with Crippen molar-refractivity contribution in [1.29, 1.82) is 0 Å². The topological polar surface area (TPSA) is 61.0 Å². The number of nitrogens with zero attached hydrogens (tertiary/aromatic N) is 2. The molecule has 0 saturated heterocycles. The van der Waals surface area contributed by atoms with Crippen LogP contribution in [0.2, 0.25) is 0 Å². The van der Waals surface area contributed by atoms with E-state index >= 15 is 0 Å². The van der Waals surface area contributed by atoms with Gasteiger partial charge in [0, 0.05) is 11.8 Å². The zero-order chi connectivity index (χ0) is 13.2. The Balaban J connectivity index is 1.89. The summed E-state index contributed by atoms with van der Waals surface area (Å²) in [5.41, 5.74) is 9.31. The number of rotatable bonds is 2. The zero-order valence-corrected chi connectivity index (χ0v) is 11.0. The summed E-state index contributed by atoms with van der Waals surface area (Å²) in [5, 5.41) is 0. The van der Waals surface area contributed by atoms with Gasteiger partial charge < -0.3 is 10.5 Å². The molecule has 0 saturated carbocycles. The van der Waals surface area contributed by atoms with Crippen LogP contribution in [0.3, 0.4) is 0 Å². The van der Waals surface area contributed by atoms with Crippen molar-refractivity contribution in [3.63, 3.8) is 0 Å². The molecule has 2 N–H and O–H groups in total. The van der Waals surface area contributed by atoms with Crippen LogP contribution < -0.4 is 10.5 Å². The molecule has 98 valence electrons. The Labute approximate surface area is 112 Å². The van der Waals surface area contributed by atoms with Crippen LogP contribution >= 0.6 is 0 Å². The highest BCUT2D eigenvalue weighted by Crippen LogP contribution is 2.28. The fourth-order valence-corrected chi connectivity index (χ4v) is 2.43. The third-order valence-electron chi connectivity index (χ3n) is 3.48. The minimum absolute atomic E-state index is 0.235. The van der Waals surface area contributed by atoms with Gasteiger partial charge in [-0.05, 0) is 55.9 Å². The van der Waals surface area contributed by atoms with Gasteiger partial charge in [0.2, 0.25) is 11.8 Å². The summed E-state index contributed by atoms with van der Waals surface area (Å²) in [4.78, 5) is 8.06. The van der Waals surface area contributed by atoms with Crippen molar-refractivity contribution in [2.24, 2.45) is 0 Å². The van der Waals surface area contributed by atoms with Crippen LogP contribution in [0, 0.1) is 6.92 Å². The molecule has 0 atom stereocenters. The summed E-state index contributed by atoms with van der Waals surface area (Å²) in [7, 11) is 0. The summed E-state index contributed by atoms with van der Waals surface area (Å²) in [6.45, 7) is 1.91. The Bertz CT molecular complexity index is 610. The van der Waals surface area contributed by atoms with E-state index in [0.29, 0.717) is 5.88 Å². The van der Waals surface area contributed by atoms with Gasteiger partial charge in [0.1, 0.15) is 5.75 Å². The van der Waals surface area contributed by atoms with Gasteiger partial charge in [-0.15, -0.1) is 0 Å². The minimum atomic E-state index is 0.235. The summed E-state index contributed by atoms with van der Waals surface area (Å²) in [6.07, 6.45) is 6.54. The first-order valence-corrected chi connectivity index (χ1v) is 6.61. The zero-order valence-electron chi connectivity index (χ0n) is 11.0. The lowest BCUT2D eigenvalue weighted by Crippen LogP contribution is -2.03. The average molecular weight is 255 g/mol. The SMILES string of the molecule is Cc1cnc(N)nc1Oc1ccc2c(c1)CCCC2. The maximum Gasteiger partial charge on any atom is 0.226 e. The second-order valence-corrected chi connectivity index (χ2v) is 4.96. The number of nitrogens with two attached hydrogens (primary N) is 1. The number of benzene rings is 1. The van der Waals surface area contributed by atoms with Crippen molar-refractivity contribution < 1.29 is 4.74 Å². The van der Waals surface area contributed by atoms with Gasteiger partial charge in [-0.25, -0.2) is 4.98 Å². The molecule has 1 aromatic heterocycles. The number of nitrogen functional groups attached to an aromatic ring is 1. The molecule has 1 aliphatic rings. The van der Waals surface area contributed by atoms with Gasteiger partial charge in [0.05, 0.1) is 0 Å². The average Bonchev–Trinajstić information content (AvgIpc) is 2.43. The number of anilines is 1. The molecule has 0 spiro atoms. The number of hydrogen-bond acceptors (Lipinski definition) is 4. The molecule has 19 heavy (non-hydrogen) atoms. The molecule has 0 bridgehead atoms. The fourth-order valence-electron chi connectivity index (χ4n) is 2.43. The first-order chi connectivity index (χ1) is 9.22. The van der Waals surface area contributed by atoms with Gasteiger partial charge >= 0.3 is 0 Å². The van der Waals surface area contributed by atoms with Gasteiger partial charge in [-0.2, -0.15) is 4.98 Å². The number of aromatic nitrogens is 2. The molecular weight excluding hydrogens is 238 g/mol. The minimum Gasteiger partial charge on any atom is -0.439 e. The third kappa shape index (κ3) is 2.52. The molecule has 0 fully saturated rings. The van der Waals surface area contributed by atoms with Crippen LogP contribution in [0.25, 0.3) is 0 Å². The Morgan fingerprint density at radius 3 is 2.79 bits per heavy atom. The highest BCUT2D eigenvalue weighted by atomic mass is 16.5. The third-order valence-corrected chi connectivity index (χ3v) is 3.48. The quantitative estimate of drug-likeness (QED) is 0.896. The van der Waals surface area contributed by atoms with Crippen molar-refractivity contribution in [3.8, 4) is 11.6 Å². The highest BCUT2D eigenvalue weighted by molar-refractivity contribution is 5.40. The molecule has 2 aromatic rings. The standard InChI is InChI=1S/C15H17N3O/c1-10-9-17-15(16)18-14(10)19-13-7-6-11-4-2-3-5-12(11)8-13/h6-9H,2-5H2,1H3,(H2,16,17,18). The number of hydrogen-bond donors (Lipinski definition) is 1. The first-order valence-electron chi connectivity index (χ1n) is 6.61.